The number of benzene rings is 2. The minimum atomic E-state index is -0.798. The molecular formula is C18H17FN4O2. The average Bonchev–Trinajstić information content (AvgIpc) is 3.05. The van der Waals surface area contributed by atoms with E-state index in [1.54, 1.807) is 6.07 Å². The summed E-state index contributed by atoms with van der Waals surface area (Å²) < 4.78 is 13.9. The molecule has 1 saturated heterocycles. The van der Waals surface area contributed by atoms with E-state index in [2.05, 4.69) is 9.97 Å². The Morgan fingerprint density at radius 1 is 1.24 bits per heavy atom. The topological polar surface area (TPSA) is 75.1 Å². The normalized spacial score (nSPS) is 17.8. The number of hydrogen-bond acceptors (Lipinski definition) is 4. The van der Waals surface area contributed by atoms with Crippen LogP contribution in [-0.2, 0) is 0 Å². The van der Waals surface area contributed by atoms with Gasteiger partial charge in [0.2, 0.25) is 5.82 Å². The molecule has 1 aromatic heterocycles. The maximum absolute atomic E-state index is 13.9. The number of piperidine rings is 1. The largest absolute Gasteiger partial charge is 0.365 e. The monoisotopic (exact) mass is 340 g/mol. The van der Waals surface area contributed by atoms with Gasteiger partial charge in [0.25, 0.3) is 0 Å². The van der Waals surface area contributed by atoms with Crippen LogP contribution in [0, 0.1) is 15.9 Å². The number of rotatable bonds is 3. The number of imidazole rings is 1. The highest BCUT2D eigenvalue weighted by atomic mass is 19.1. The SMILES string of the molecule is O=[N+]([O-])c1c(F)cccc1N1CCC[C@H](c2nc3ccccc3[nH]2)C1. The van der Waals surface area contributed by atoms with E-state index < -0.39 is 16.4 Å². The van der Waals surface area contributed by atoms with Crippen molar-refractivity contribution in [1.29, 1.82) is 0 Å². The van der Waals surface area contributed by atoms with Gasteiger partial charge in [-0.2, -0.15) is 4.39 Å². The molecule has 0 amide bonds. The molecule has 3 aromatic rings. The fourth-order valence-electron chi connectivity index (χ4n) is 3.52. The molecule has 6 nitrogen and oxygen atoms in total. The van der Waals surface area contributed by atoms with Gasteiger partial charge in [0, 0.05) is 19.0 Å². The van der Waals surface area contributed by atoms with E-state index in [4.69, 9.17) is 0 Å². The molecule has 1 aliphatic rings. The zero-order valence-electron chi connectivity index (χ0n) is 13.5. The molecule has 128 valence electrons. The van der Waals surface area contributed by atoms with Crippen LogP contribution in [0.5, 0.6) is 0 Å². The number of fused-ring (bicyclic) bond motifs is 1. The molecule has 1 atom stereocenters. The number of nitro benzene ring substituents is 1. The van der Waals surface area contributed by atoms with Gasteiger partial charge in [0.05, 0.1) is 16.0 Å². The van der Waals surface area contributed by atoms with Crippen LogP contribution in [0.4, 0.5) is 15.8 Å². The van der Waals surface area contributed by atoms with Crippen LogP contribution in [0.15, 0.2) is 42.5 Å². The Labute approximate surface area is 143 Å². The summed E-state index contributed by atoms with van der Waals surface area (Å²) in [6, 6.07) is 12.1. The van der Waals surface area contributed by atoms with E-state index in [-0.39, 0.29) is 5.92 Å². The number of para-hydroxylation sites is 3. The van der Waals surface area contributed by atoms with Crippen molar-refractivity contribution in [1.82, 2.24) is 9.97 Å². The molecule has 1 aliphatic heterocycles. The Bertz CT molecular complexity index is 907. The fourth-order valence-corrected chi connectivity index (χ4v) is 3.52. The Morgan fingerprint density at radius 2 is 2.08 bits per heavy atom. The summed E-state index contributed by atoms with van der Waals surface area (Å²) in [5.74, 6) is 0.210. The lowest BCUT2D eigenvalue weighted by Gasteiger charge is -2.33. The molecule has 0 bridgehead atoms. The molecule has 2 aromatic carbocycles. The first-order chi connectivity index (χ1) is 12.1. The van der Waals surface area contributed by atoms with E-state index in [0.717, 1.165) is 35.8 Å². The molecule has 1 N–H and O–H groups in total. The molecule has 0 aliphatic carbocycles. The number of nitrogens with zero attached hydrogens (tertiary/aromatic N) is 3. The van der Waals surface area contributed by atoms with E-state index in [1.165, 1.54) is 6.07 Å². The highest BCUT2D eigenvalue weighted by Crippen LogP contribution is 2.35. The maximum Gasteiger partial charge on any atom is 0.327 e. The number of aromatic amines is 1. The van der Waals surface area contributed by atoms with Crippen molar-refractivity contribution in [3.05, 3.63) is 64.2 Å². The summed E-state index contributed by atoms with van der Waals surface area (Å²) >= 11 is 0. The molecule has 0 unspecified atom stereocenters. The summed E-state index contributed by atoms with van der Waals surface area (Å²) in [4.78, 5) is 20.5. The van der Waals surface area contributed by atoms with Gasteiger partial charge in [-0.25, -0.2) is 4.98 Å². The van der Waals surface area contributed by atoms with Crippen LogP contribution < -0.4 is 4.90 Å². The second kappa shape index (κ2) is 6.16. The Morgan fingerprint density at radius 3 is 2.88 bits per heavy atom. The zero-order chi connectivity index (χ0) is 17.4. The lowest BCUT2D eigenvalue weighted by molar-refractivity contribution is -0.386. The Hall–Kier alpha value is -2.96. The first-order valence-corrected chi connectivity index (χ1v) is 8.26. The number of nitrogens with one attached hydrogen (secondary N) is 1. The lowest BCUT2D eigenvalue weighted by Crippen LogP contribution is -2.35. The number of halogens is 1. The third-order valence-corrected chi connectivity index (χ3v) is 4.70. The van der Waals surface area contributed by atoms with Crippen molar-refractivity contribution in [2.45, 2.75) is 18.8 Å². The minimum absolute atomic E-state index is 0.129. The summed E-state index contributed by atoms with van der Waals surface area (Å²) in [5.41, 5.74) is 1.77. The lowest BCUT2D eigenvalue weighted by atomic mass is 9.96. The van der Waals surface area contributed by atoms with Crippen molar-refractivity contribution >= 4 is 22.4 Å². The number of anilines is 1. The van der Waals surface area contributed by atoms with Crippen LogP contribution in [0.25, 0.3) is 11.0 Å². The van der Waals surface area contributed by atoms with Crippen molar-refractivity contribution in [3.8, 4) is 0 Å². The van der Waals surface area contributed by atoms with Crippen molar-refractivity contribution in [2.75, 3.05) is 18.0 Å². The smallest absolute Gasteiger partial charge is 0.327 e. The number of hydrogen-bond donors (Lipinski definition) is 1. The predicted octanol–water partition coefficient (Wildman–Crippen LogP) is 3.99. The fraction of sp³-hybridized carbons (Fsp3) is 0.278. The highest BCUT2D eigenvalue weighted by molar-refractivity contribution is 5.75. The third kappa shape index (κ3) is 2.82. The van der Waals surface area contributed by atoms with Gasteiger partial charge in [-0.1, -0.05) is 18.2 Å². The molecule has 0 radical (unpaired) electrons. The zero-order valence-corrected chi connectivity index (χ0v) is 13.5. The Balaban J connectivity index is 1.65. The van der Waals surface area contributed by atoms with Gasteiger partial charge in [-0.05, 0) is 37.1 Å². The van der Waals surface area contributed by atoms with Gasteiger partial charge >= 0.3 is 5.69 Å². The first-order valence-electron chi connectivity index (χ1n) is 8.26. The Kier molecular flexibility index (Phi) is 3.83. The number of H-pyrrole nitrogens is 1. The van der Waals surface area contributed by atoms with E-state index in [0.29, 0.717) is 18.8 Å². The molecule has 1 fully saturated rings. The summed E-state index contributed by atoms with van der Waals surface area (Å²) in [6.45, 7) is 1.24. The van der Waals surface area contributed by atoms with Gasteiger partial charge in [-0.15, -0.1) is 0 Å². The summed E-state index contributed by atoms with van der Waals surface area (Å²) in [7, 11) is 0. The van der Waals surface area contributed by atoms with Gasteiger partial charge < -0.3 is 9.88 Å². The second-order valence-electron chi connectivity index (χ2n) is 6.29. The molecule has 4 rings (SSSR count). The summed E-state index contributed by atoms with van der Waals surface area (Å²) in [5, 5.41) is 11.3. The standard InChI is InChI=1S/C18H17FN4O2/c19-13-6-3-9-16(17(13)23(24)25)22-10-4-5-12(11-22)18-20-14-7-1-2-8-15(14)21-18/h1-3,6-9,12H,4-5,10-11H2,(H,20,21)/t12-/m0/s1. The van der Waals surface area contributed by atoms with Crippen LogP contribution >= 0.6 is 0 Å². The van der Waals surface area contributed by atoms with E-state index in [9.17, 15) is 14.5 Å². The first kappa shape index (κ1) is 15.6. The predicted molar refractivity (Wildman–Crippen MR) is 93.3 cm³/mol. The molecule has 25 heavy (non-hydrogen) atoms. The van der Waals surface area contributed by atoms with Gasteiger partial charge in [0.15, 0.2) is 0 Å². The second-order valence-corrected chi connectivity index (χ2v) is 6.29. The summed E-state index contributed by atoms with van der Waals surface area (Å²) in [6.07, 6.45) is 1.81. The van der Waals surface area contributed by atoms with E-state index in [1.807, 2.05) is 29.2 Å². The van der Waals surface area contributed by atoms with Crippen LogP contribution in [0.2, 0.25) is 0 Å². The van der Waals surface area contributed by atoms with Crippen molar-refractivity contribution in [2.24, 2.45) is 0 Å². The quantitative estimate of drug-likeness (QED) is 0.578. The third-order valence-electron chi connectivity index (χ3n) is 4.70. The number of aromatic nitrogens is 2. The van der Waals surface area contributed by atoms with Crippen molar-refractivity contribution in [3.63, 3.8) is 0 Å². The molecule has 7 heteroatoms. The molecule has 0 spiro atoms. The number of nitro groups is 1. The van der Waals surface area contributed by atoms with Crippen LogP contribution in [-0.4, -0.2) is 28.0 Å². The molecule has 2 heterocycles. The molecular weight excluding hydrogens is 323 g/mol. The van der Waals surface area contributed by atoms with Crippen LogP contribution in [0.3, 0.4) is 0 Å². The van der Waals surface area contributed by atoms with Crippen molar-refractivity contribution < 1.29 is 9.31 Å². The van der Waals surface area contributed by atoms with Crippen LogP contribution in [0.1, 0.15) is 24.6 Å². The minimum Gasteiger partial charge on any atom is -0.365 e. The van der Waals surface area contributed by atoms with Gasteiger partial charge in [0.1, 0.15) is 11.5 Å². The highest BCUT2D eigenvalue weighted by Gasteiger charge is 2.29. The molecule has 0 saturated carbocycles. The maximum atomic E-state index is 13.9. The average molecular weight is 340 g/mol. The van der Waals surface area contributed by atoms with E-state index >= 15 is 0 Å². The van der Waals surface area contributed by atoms with Gasteiger partial charge in [-0.3, -0.25) is 10.1 Å².